The fraction of sp³-hybridized carbons (Fsp3) is 0.611. The van der Waals surface area contributed by atoms with Gasteiger partial charge in [-0.3, -0.25) is 24.6 Å². The maximum Gasteiger partial charge on any atom is 0.275 e. The summed E-state index contributed by atoms with van der Waals surface area (Å²) in [6.07, 6.45) is 8.84. The van der Waals surface area contributed by atoms with E-state index in [4.69, 9.17) is 4.42 Å². The van der Waals surface area contributed by atoms with Crippen LogP contribution in [-0.4, -0.2) is 58.1 Å². The molecule has 0 spiro atoms. The summed E-state index contributed by atoms with van der Waals surface area (Å²) in [5.41, 5.74) is 0.397. The Bertz CT molecular complexity index is 627. The normalized spacial score (nSPS) is 19.0. The molecule has 0 radical (unpaired) electrons. The molecule has 2 aliphatic rings. The van der Waals surface area contributed by atoms with Gasteiger partial charge in [-0.1, -0.05) is 25.7 Å². The number of hydroxylamine groups is 2. The highest BCUT2D eigenvalue weighted by molar-refractivity contribution is 5.95. The van der Waals surface area contributed by atoms with Crippen molar-refractivity contribution in [1.29, 1.82) is 0 Å². The van der Waals surface area contributed by atoms with Gasteiger partial charge in [-0.2, -0.15) is 0 Å². The summed E-state index contributed by atoms with van der Waals surface area (Å²) in [6, 6.07) is 1.57. The minimum absolute atomic E-state index is 0.0525. The predicted molar refractivity (Wildman–Crippen MR) is 90.7 cm³/mol. The van der Waals surface area contributed by atoms with E-state index < -0.39 is 5.92 Å². The Morgan fingerprint density at radius 2 is 2.00 bits per heavy atom. The van der Waals surface area contributed by atoms with Gasteiger partial charge in [0.2, 0.25) is 12.3 Å². The third kappa shape index (κ3) is 4.07. The van der Waals surface area contributed by atoms with Crippen LogP contribution in [0.5, 0.6) is 0 Å². The first-order valence-electron chi connectivity index (χ1n) is 9.16. The number of carbonyl (C=O) groups is 3. The van der Waals surface area contributed by atoms with E-state index in [1.807, 2.05) is 0 Å². The van der Waals surface area contributed by atoms with Gasteiger partial charge in [-0.25, -0.2) is 10.1 Å². The van der Waals surface area contributed by atoms with Gasteiger partial charge >= 0.3 is 0 Å². The Hall–Kier alpha value is -2.35. The van der Waals surface area contributed by atoms with Crippen molar-refractivity contribution in [2.24, 2.45) is 11.8 Å². The summed E-state index contributed by atoms with van der Waals surface area (Å²) in [4.78, 5) is 36.6. The first-order chi connectivity index (χ1) is 12.6. The van der Waals surface area contributed by atoms with Gasteiger partial charge in [-0.15, -0.1) is 0 Å². The first-order valence-corrected chi connectivity index (χ1v) is 9.16. The number of carbonyl (C=O) groups excluding carboxylic acids is 3. The molecule has 8 nitrogen and oxygen atoms in total. The van der Waals surface area contributed by atoms with E-state index in [1.54, 1.807) is 6.07 Å². The van der Waals surface area contributed by atoms with Gasteiger partial charge in [0.1, 0.15) is 6.26 Å². The molecule has 0 aromatic carbocycles. The van der Waals surface area contributed by atoms with Crippen molar-refractivity contribution in [3.8, 4) is 0 Å². The van der Waals surface area contributed by atoms with Crippen molar-refractivity contribution in [1.82, 2.24) is 15.1 Å². The van der Waals surface area contributed by atoms with E-state index in [-0.39, 0.29) is 18.4 Å². The van der Waals surface area contributed by atoms with Crippen molar-refractivity contribution < 1.29 is 24.0 Å². The summed E-state index contributed by atoms with van der Waals surface area (Å²) in [6.45, 7) is 0.863. The van der Waals surface area contributed by atoms with Crippen molar-refractivity contribution >= 4 is 18.2 Å². The molecule has 0 bridgehead atoms. The van der Waals surface area contributed by atoms with Crippen LogP contribution in [0.25, 0.3) is 0 Å². The zero-order valence-corrected chi connectivity index (χ0v) is 14.7. The van der Waals surface area contributed by atoms with Gasteiger partial charge < -0.3 is 4.42 Å². The van der Waals surface area contributed by atoms with Gasteiger partial charge in [-0.05, 0) is 24.8 Å². The standard InChI is InChI=1S/C18H25N3O5/c22-13-19(25)11-16(10-14-4-1-2-5-14)18(24)21-8-3-7-20(21)17(23)15-6-9-26-12-15/h6,9,12-14,16,25H,1-5,7-8,10-11H2/t16-/m1/s1. The number of hydrogen-bond acceptors (Lipinski definition) is 5. The largest absolute Gasteiger partial charge is 0.472 e. The number of hydrogen-bond donors (Lipinski definition) is 1. The van der Waals surface area contributed by atoms with E-state index in [2.05, 4.69) is 0 Å². The van der Waals surface area contributed by atoms with Crippen LogP contribution in [-0.2, 0) is 9.59 Å². The van der Waals surface area contributed by atoms with Crippen molar-refractivity contribution in [3.05, 3.63) is 24.2 Å². The second-order valence-corrected chi connectivity index (χ2v) is 7.07. The Morgan fingerprint density at radius 3 is 2.65 bits per heavy atom. The fourth-order valence-corrected chi connectivity index (χ4v) is 3.97. The Balaban J connectivity index is 1.73. The summed E-state index contributed by atoms with van der Waals surface area (Å²) in [7, 11) is 0. The quantitative estimate of drug-likeness (QED) is 0.454. The molecule has 8 heteroatoms. The number of nitrogens with zero attached hydrogens (tertiary/aromatic N) is 3. The van der Waals surface area contributed by atoms with E-state index in [0.29, 0.717) is 48.9 Å². The van der Waals surface area contributed by atoms with Crippen LogP contribution in [0.3, 0.4) is 0 Å². The molecule has 1 saturated carbocycles. The van der Waals surface area contributed by atoms with Crippen molar-refractivity contribution in [2.45, 2.75) is 38.5 Å². The molecule has 1 aromatic heterocycles. The van der Waals surface area contributed by atoms with Crippen LogP contribution in [0.1, 0.15) is 48.9 Å². The van der Waals surface area contributed by atoms with Gasteiger partial charge in [0, 0.05) is 13.1 Å². The minimum Gasteiger partial charge on any atom is -0.472 e. The third-order valence-corrected chi connectivity index (χ3v) is 5.26. The highest BCUT2D eigenvalue weighted by atomic mass is 16.5. The van der Waals surface area contributed by atoms with Crippen LogP contribution >= 0.6 is 0 Å². The maximum atomic E-state index is 13.1. The molecule has 1 N–H and O–H groups in total. The second kappa shape index (κ2) is 8.35. The lowest BCUT2D eigenvalue weighted by molar-refractivity contribution is -0.160. The predicted octanol–water partition coefficient (Wildman–Crippen LogP) is 1.91. The topological polar surface area (TPSA) is 94.3 Å². The van der Waals surface area contributed by atoms with E-state index in [0.717, 1.165) is 25.7 Å². The molecule has 3 rings (SSSR count). The summed E-state index contributed by atoms with van der Waals surface area (Å²) >= 11 is 0. The average Bonchev–Trinajstić information content (AvgIpc) is 3.41. The molecule has 142 valence electrons. The molecule has 3 amide bonds. The maximum absolute atomic E-state index is 13.1. The number of amides is 3. The molecule has 1 saturated heterocycles. The average molecular weight is 363 g/mol. The molecule has 1 aliphatic heterocycles. The van der Waals surface area contributed by atoms with Crippen LogP contribution in [0, 0.1) is 11.8 Å². The molecule has 26 heavy (non-hydrogen) atoms. The van der Waals surface area contributed by atoms with Crippen molar-refractivity contribution in [2.75, 3.05) is 19.6 Å². The molecular formula is C18H25N3O5. The van der Waals surface area contributed by atoms with Crippen molar-refractivity contribution in [3.63, 3.8) is 0 Å². The van der Waals surface area contributed by atoms with Crippen LogP contribution < -0.4 is 0 Å². The van der Waals surface area contributed by atoms with Crippen LogP contribution in [0.2, 0.25) is 0 Å². The molecule has 2 heterocycles. The summed E-state index contributed by atoms with van der Waals surface area (Å²) in [5, 5.41) is 13.1. The molecule has 1 aromatic rings. The lowest BCUT2D eigenvalue weighted by Gasteiger charge is -2.32. The van der Waals surface area contributed by atoms with Gasteiger partial charge in [0.15, 0.2) is 0 Å². The molecule has 0 unspecified atom stereocenters. The summed E-state index contributed by atoms with van der Waals surface area (Å²) in [5.74, 6) is -0.594. The highest BCUT2D eigenvalue weighted by Gasteiger charge is 2.37. The molecule has 2 fully saturated rings. The lowest BCUT2D eigenvalue weighted by Crippen LogP contribution is -2.49. The van der Waals surface area contributed by atoms with E-state index in [9.17, 15) is 19.6 Å². The Labute approximate surface area is 152 Å². The van der Waals surface area contributed by atoms with Gasteiger partial charge in [0.05, 0.1) is 24.3 Å². The number of furan rings is 1. The SMILES string of the molecule is O=CN(O)C[C@@H](CC1CCCC1)C(=O)N1CCCN1C(=O)c1ccoc1. The van der Waals surface area contributed by atoms with Crippen LogP contribution in [0.15, 0.2) is 23.0 Å². The number of rotatable bonds is 7. The second-order valence-electron chi connectivity index (χ2n) is 7.07. The molecule has 1 atom stereocenters. The number of hydrazine groups is 1. The smallest absolute Gasteiger partial charge is 0.275 e. The molecular weight excluding hydrogens is 338 g/mol. The first kappa shape index (κ1) is 18.4. The highest BCUT2D eigenvalue weighted by Crippen LogP contribution is 2.32. The Kier molecular flexibility index (Phi) is 5.92. The molecule has 1 aliphatic carbocycles. The van der Waals surface area contributed by atoms with E-state index in [1.165, 1.54) is 22.5 Å². The zero-order valence-electron chi connectivity index (χ0n) is 14.7. The zero-order chi connectivity index (χ0) is 18.5. The monoisotopic (exact) mass is 363 g/mol. The van der Waals surface area contributed by atoms with E-state index >= 15 is 0 Å². The minimum atomic E-state index is -0.522. The van der Waals surface area contributed by atoms with Crippen LogP contribution in [0.4, 0.5) is 0 Å². The Morgan fingerprint density at radius 1 is 1.27 bits per heavy atom. The van der Waals surface area contributed by atoms with Gasteiger partial charge in [0.25, 0.3) is 5.91 Å². The lowest BCUT2D eigenvalue weighted by atomic mass is 9.92. The fourth-order valence-electron chi connectivity index (χ4n) is 3.97. The third-order valence-electron chi connectivity index (χ3n) is 5.26. The summed E-state index contributed by atoms with van der Waals surface area (Å²) < 4.78 is 4.96.